The Balaban J connectivity index is 1.68. The monoisotopic (exact) mass is 297 g/mol. The number of hydrogen-bond donors (Lipinski definition) is 1. The van der Waals surface area contributed by atoms with Gasteiger partial charge >= 0.3 is 0 Å². The number of likely N-dealkylation sites (N-methyl/N-ethyl adjacent to an activating group) is 1. The zero-order valence-corrected chi connectivity index (χ0v) is 14.5. The third-order valence-electron chi connectivity index (χ3n) is 5.36. The van der Waals surface area contributed by atoms with Crippen LogP contribution in [0.4, 0.5) is 0 Å². The summed E-state index contributed by atoms with van der Waals surface area (Å²) in [4.78, 5) is 5.13. The highest BCUT2D eigenvalue weighted by atomic mass is 16.5. The second-order valence-corrected chi connectivity index (χ2v) is 7.58. The molecule has 1 spiro atoms. The maximum atomic E-state index is 5.14. The van der Waals surface area contributed by atoms with E-state index >= 15 is 0 Å². The van der Waals surface area contributed by atoms with Crippen LogP contribution < -0.4 is 5.32 Å². The Hall–Kier alpha value is -0.160. The summed E-state index contributed by atoms with van der Waals surface area (Å²) in [5, 5.41) is 3.54. The zero-order chi connectivity index (χ0) is 15.3. The van der Waals surface area contributed by atoms with Gasteiger partial charge < -0.3 is 15.0 Å². The summed E-state index contributed by atoms with van der Waals surface area (Å²) in [6, 6.07) is 0.770. The van der Waals surface area contributed by atoms with Crippen molar-refractivity contribution >= 4 is 0 Å². The van der Waals surface area contributed by atoms with Crippen molar-refractivity contribution < 1.29 is 4.74 Å². The SMILES string of the molecule is COCCN(C)CCC[C@@H](C(C)C)N1CC2(CCNC2)C1. The molecule has 1 atom stereocenters. The van der Waals surface area contributed by atoms with Gasteiger partial charge in [-0.25, -0.2) is 0 Å². The lowest BCUT2D eigenvalue weighted by Crippen LogP contribution is -2.61. The number of nitrogens with one attached hydrogen (secondary N) is 1. The number of hydrogen-bond acceptors (Lipinski definition) is 4. The molecule has 2 heterocycles. The van der Waals surface area contributed by atoms with E-state index in [1.165, 1.54) is 52.0 Å². The fraction of sp³-hybridized carbons (Fsp3) is 1.00. The Kier molecular flexibility index (Phi) is 6.48. The molecular weight excluding hydrogens is 262 g/mol. The molecule has 124 valence electrons. The summed E-state index contributed by atoms with van der Waals surface area (Å²) in [5.41, 5.74) is 0.627. The van der Waals surface area contributed by atoms with Crippen LogP contribution in [0, 0.1) is 11.3 Å². The van der Waals surface area contributed by atoms with E-state index in [9.17, 15) is 0 Å². The molecule has 0 unspecified atom stereocenters. The molecule has 2 rings (SSSR count). The molecule has 4 nitrogen and oxygen atoms in total. The maximum Gasteiger partial charge on any atom is 0.0589 e. The number of nitrogens with zero attached hydrogens (tertiary/aromatic N) is 2. The highest BCUT2D eigenvalue weighted by Crippen LogP contribution is 2.39. The van der Waals surface area contributed by atoms with Crippen LogP contribution in [-0.4, -0.2) is 75.9 Å². The van der Waals surface area contributed by atoms with Crippen molar-refractivity contribution in [3.63, 3.8) is 0 Å². The molecule has 2 aliphatic rings. The third-order valence-corrected chi connectivity index (χ3v) is 5.36. The van der Waals surface area contributed by atoms with E-state index < -0.39 is 0 Å². The fourth-order valence-electron chi connectivity index (χ4n) is 3.98. The summed E-state index contributed by atoms with van der Waals surface area (Å²) in [5.74, 6) is 0.765. The van der Waals surface area contributed by atoms with Gasteiger partial charge in [0.05, 0.1) is 6.61 Å². The Bertz CT molecular complexity index is 294. The van der Waals surface area contributed by atoms with Crippen molar-refractivity contribution in [3.05, 3.63) is 0 Å². The van der Waals surface area contributed by atoms with E-state index in [1.807, 2.05) is 0 Å². The minimum absolute atomic E-state index is 0.627. The number of ether oxygens (including phenoxy) is 1. The van der Waals surface area contributed by atoms with Crippen LogP contribution in [0.2, 0.25) is 0 Å². The van der Waals surface area contributed by atoms with Gasteiger partial charge in [-0.1, -0.05) is 13.8 Å². The summed E-state index contributed by atoms with van der Waals surface area (Å²) < 4.78 is 5.14. The summed E-state index contributed by atoms with van der Waals surface area (Å²) >= 11 is 0. The van der Waals surface area contributed by atoms with Crippen molar-refractivity contribution in [2.75, 3.05) is 60.0 Å². The van der Waals surface area contributed by atoms with Crippen LogP contribution in [0.3, 0.4) is 0 Å². The van der Waals surface area contributed by atoms with Gasteiger partial charge in [0.15, 0.2) is 0 Å². The Morgan fingerprint density at radius 1 is 1.29 bits per heavy atom. The Morgan fingerprint density at radius 3 is 2.62 bits per heavy atom. The van der Waals surface area contributed by atoms with E-state index in [1.54, 1.807) is 7.11 Å². The first-order valence-electron chi connectivity index (χ1n) is 8.68. The first-order valence-corrected chi connectivity index (χ1v) is 8.68. The number of methoxy groups -OCH3 is 1. The molecule has 0 saturated carbocycles. The smallest absolute Gasteiger partial charge is 0.0589 e. The number of likely N-dealkylation sites (tertiary alicyclic amines) is 1. The van der Waals surface area contributed by atoms with Gasteiger partial charge in [-0.15, -0.1) is 0 Å². The summed E-state index contributed by atoms with van der Waals surface area (Å²) in [6.07, 6.45) is 4.01. The average molecular weight is 297 g/mol. The first kappa shape index (κ1) is 17.2. The Labute approximate surface area is 131 Å². The average Bonchev–Trinajstić information content (AvgIpc) is 2.89. The Morgan fingerprint density at radius 2 is 2.05 bits per heavy atom. The molecule has 0 aromatic heterocycles. The second-order valence-electron chi connectivity index (χ2n) is 7.58. The minimum Gasteiger partial charge on any atom is -0.383 e. The largest absolute Gasteiger partial charge is 0.383 e. The number of rotatable bonds is 9. The van der Waals surface area contributed by atoms with Crippen LogP contribution in [-0.2, 0) is 4.74 Å². The van der Waals surface area contributed by atoms with Crippen molar-refractivity contribution in [2.45, 2.75) is 39.2 Å². The molecule has 0 aliphatic carbocycles. The molecule has 0 radical (unpaired) electrons. The third kappa shape index (κ3) is 4.65. The molecule has 0 amide bonds. The molecule has 2 saturated heterocycles. The van der Waals surface area contributed by atoms with Gasteiger partial charge in [0.1, 0.15) is 0 Å². The van der Waals surface area contributed by atoms with Gasteiger partial charge in [-0.2, -0.15) is 0 Å². The molecule has 0 aromatic rings. The minimum atomic E-state index is 0.627. The van der Waals surface area contributed by atoms with Crippen molar-refractivity contribution in [1.82, 2.24) is 15.1 Å². The van der Waals surface area contributed by atoms with Crippen molar-refractivity contribution in [2.24, 2.45) is 11.3 Å². The predicted octanol–water partition coefficient (Wildman–Crippen LogP) is 1.66. The lowest BCUT2D eigenvalue weighted by atomic mass is 9.76. The van der Waals surface area contributed by atoms with Crippen molar-refractivity contribution in [3.8, 4) is 0 Å². The highest BCUT2D eigenvalue weighted by molar-refractivity contribution is 5.02. The quantitative estimate of drug-likeness (QED) is 0.700. The standard InChI is InChI=1S/C17H35N3O/c1-15(2)16(6-5-9-19(3)10-11-21-4)20-13-17(14-20)7-8-18-12-17/h15-16,18H,5-14H2,1-4H3/t16-/m0/s1. The molecule has 0 bridgehead atoms. The van der Waals surface area contributed by atoms with E-state index in [4.69, 9.17) is 4.74 Å². The van der Waals surface area contributed by atoms with Gasteiger partial charge in [0.25, 0.3) is 0 Å². The van der Waals surface area contributed by atoms with Gasteiger partial charge in [0, 0.05) is 44.7 Å². The van der Waals surface area contributed by atoms with Crippen LogP contribution in [0.15, 0.2) is 0 Å². The van der Waals surface area contributed by atoms with Crippen LogP contribution in [0.1, 0.15) is 33.1 Å². The van der Waals surface area contributed by atoms with Gasteiger partial charge in [-0.3, -0.25) is 4.90 Å². The van der Waals surface area contributed by atoms with Gasteiger partial charge in [0.2, 0.25) is 0 Å². The van der Waals surface area contributed by atoms with E-state index in [2.05, 4.69) is 36.0 Å². The fourth-order valence-corrected chi connectivity index (χ4v) is 3.98. The van der Waals surface area contributed by atoms with Crippen molar-refractivity contribution in [1.29, 1.82) is 0 Å². The van der Waals surface area contributed by atoms with E-state index in [-0.39, 0.29) is 0 Å². The second kappa shape index (κ2) is 7.91. The van der Waals surface area contributed by atoms with Crippen LogP contribution >= 0.6 is 0 Å². The lowest BCUT2D eigenvalue weighted by molar-refractivity contribution is -0.0354. The first-order chi connectivity index (χ1) is 10.1. The van der Waals surface area contributed by atoms with E-state index in [0.29, 0.717) is 5.41 Å². The summed E-state index contributed by atoms with van der Waals surface area (Å²) in [7, 11) is 3.98. The topological polar surface area (TPSA) is 27.7 Å². The lowest BCUT2D eigenvalue weighted by Gasteiger charge is -2.52. The molecule has 21 heavy (non-hydrogen) atoms. The maximum absolute atomic E-state index is 5.14. The highest BCUT2D eigenvalue weighted by Gasteiger charge is 2.47. The molecule has 0 aromatic carbocycles. The van der Waals surface area contributed by atoms with E-state index in [0.717, 1.165) is 25.1 Å². The van der Waals surface area contributed by atoms with Crippen LogP contribution in [0.25, 0.3) is 0 Å². The normalized spacial score (nSPS) is 23.1. The summed E-state index contributed by atoms with van der Waals surface area (Å²) in [6.45, 7) is 13.0. The molecule has 2 fully saturated rings. The van der Waals surface area contributed by atoms with Crippen LogP contribution in [0.5, 0.6) is 0 Å². The molecule has 2 aliphatic heterocycles. The van der Waals surface area contributed by atoms with Gasteiger partial charge in [-0.05, 0) is 45.3 Å². The molecule has 1 N–H and O–H groups in total. The zero-order valence-electron chi connectivity index (χ0n) is 14.5. The molecule has 4 heteroatoms. The predicted molar refractivity (Wildman–Crippen MR) is 88.7 cm³/mol. The molecular formula is C17H35N3O.